The van der Waals surface area contributed by atoms with E-state index in [4.69, 9.17) is 6.42 Å². The van der Waals surface area contributed by atoms with Crippen molar-refractivity contribution in [1.29, 1.82) is 0 Å². The quantitative estimate of drug-likeness (QED) is 0.367. The topological polar surface area (TPSA) is 55.2 Å². The third kappa shape index (κ3) is 2.74. The SMILES string of the molecule is C#CCNCc1cc([N+](=O)[O-])c(F)cc1F. The van der Waals surface area contributed by atoms with E-state index in [1.165, 1.54) is 0 Å². The fourth-order valence-electron chi connectivity index (χ4n) is 1.13. The van der Waals surface area contributed by atoms with Crippen LogP contribution >= 0.6 is 0 Å². The van der Waals surface area contributed by atoms with E-state index >= 15 is 0 Å². The van der Waals surface area contributed by atoms with E-state index in [0.29, 0.717) is 6.07 Å². The van der Waals surface area contributed by atoms with Gasteiger partial charge >= 0.3 is 5.69 Å². The summed E-state index contributed by atoms with van der Waals surface area (Å²) in [5.74, 6) is 0.233. The minimum absolute atomic E-state index is 0.00310. The van der Waals surface area contributed by atoms with Gasteiger partial charge in [0.2, 0.25) is 5.82 Å². The van der Waals surface area contributed by atoms with E-state index in [0.717, 1.165) is 6.07 Å². The largest absolute Gasteiger partial charge is 0.305 e. The van der Waals surface area contributed by atoms with Crippen LogP contribution in [0, 0.1) is 34.1 Å². The van der Waals surface area contributed by atoms with Crippen molar-refractivity contribution in [3.05, 3.63) is 39.4 Å². The predicted octanol–water partition coefficient (Wildman–Crippen LogP) is 1.60. The average Bonchev–Trinajstić information content (AvgIpc) is 2.21. The first-order valence-electron chi connectivity index (χ1n) is 4.32. The first-order chi connectivity index (χ1) is 7.56. The first-order valence-corrected chi connectivity index (χ1v) is 4.32. The van der Waals surface area contributed by atoms with Gasteiger partial charge in [0.05, 0.1) is 11.5 Å². The Hall–Kier alpha value is -2.00. The van der Waals surface area contributed by atoms with E-state index in [9.17, 15) is 18.9 Å². The van der Waals surface area contributed by atoms with Gasteiger partial charge < -0.3 is 5.32 Å². The minimum atomic E-state index is -1.19. The number of nitro benzene ring substituents is 1. The number of nitrogens with one attached hydrogen (secondary N) is 1. The number of benzene rings is 1. The Balaban J connectivity index is 2.97. The number of hydrogen-bond donors (Lipinski definition) is 1. The maximum absolute atomic E-state index is 13.2. The molecule has 0 aliphatic rings. The highest BCUT2D eigenvalue weighted by Crippen LogP contribution is 2.21. The Bertz CT molecular complexity index is 455. The van der Waals surface area contributed by atoms with Crippen molar-refractivity contribution in [2.45, 2.75) is 6.54 Å². The molecule has 1 N–H and O–H groups in total. The third-order valence-electron chi connectivity index (χ3n) is 1.86. The highest BCUT2D eigenvalue weighted by Gasteiger charge is 2.17. The van der Waals surface area contributed by atoms with Gasteiger partial charge in [0, 0.05) is 24.2 Å². The molecule has 0 fully saturated rings. The van der Waals surface area contributed by atoms with Gasteiger partial charge in [-0.05, 0) is 0 Å². The van der Waals surface area contributed by atoms with Crippen molar-refractivity contribution >= 4 is 5.69 Å². The summed E-state index contributed by atoms with van der Waals surface area (Å²) in [7, 11) is 0. The van der Waals surface area contributed by atoms with Crippen molar-refractivity contribution in [2.75, 3.05) is 6.54 Å². The first kappa shape index (κ1) is 12.1. The van der Waals surface area contributed by atoms with Gasteiger partial charge in [-0.25, -0.2) is 4.39 Å². The molecular weight excluding hydrogens is 218 g/mol. The van der Waals surface area contributed by atoms with Gasteiger partial charge in [-0.3, -0.25) is 10.1 Å². The molecule has 0 heterocycles. The van der Waals surface area contributed by atoms with Crippen LogP contribution in [0.2, 0.25) is 0 Å². The zero-order valence-corrected chi connectivity index (χ0v) is 8.17. The van der Waals surface area contributed by atoms with Crippen molar-refractivity contribution in [2.24, 2.45) is 0 Å². The molecule has 0 aromatic heterocycles. The van der Waals surface area contributed by atoms with Gasteiger partial charge in [-0.1, -0.05) is 5.92 Å². The monoisotopic (exact) mass is 226 g/mol. The Morgan fingerprint density at radius 1 is 1.44 bits per heavy atom. The normalized spacial score (nSPS) is 9.81. The van der Waals surface area contributed by atoms with Crippen LogP contribution in [0.3, 0.4) is 0 Å². The number of hydrogen-bond acceptors (Lipinski definition) is 3. The molecule has 1 aromatic carbocycles. The van der Waals surface area contributed by atoms with Crippen LogP contribution in [0.4, 0.5) is 14.5 Å². The lowest BCUT2D eigenvalue weighted by Crippen LogP contribution is -2.14. The second kappa shape index (κ2) is 5.19. The molecule has 0 amide bonds. The van der Waals surface area contributed by atoms with Crippen LogP contribution in [0.5, 0.6) is 0 Å². The summed E-state index contributed by atoms with van der Waals surface area (Å²) in [4.78, 5) is 9.50. The summed E-state index contributed by atoms with van der Waals surface area (Å²) in [6.07, 6.45) is 4.96. The molecule has 0 unspecified atom stereocenters. The fraction of sp³-hybridized carbons (Fsp3) is 0.200. The zero-order valence-electron chi connectivity index (χ0n) is 8.17. The van der Waals surface area contributed by atoms with Crippen LogP contribution in [-0.4, -0.2) is 11.5 Å². The molecule has 0 aliphatic heterocycles. The van der Waals surface area contributed by atoms with Gasteiger partial charge in [0.1, 0.15) is 5.82 Å². The molecule has 0 radical (unpaired) electrons. The van der Waals surface area contributed by atoms with E-state index in [2.05, 4.69) is 11.2 Å². The van der Waals surface area contributed by atoms with Gasteiger partial charge in [-0.15, -0.1) is 6.42 Å². The second-order valence-corrected chi connectivity index (χ2v) is 2.96. The maximum atomic E-state index is 13.2. The lowest BCUT2D eigenvalue weighted by molar-refractivity contribution is -0.387. The summed E-state index contributed by atoms with van der Waals surface area (Å²) in [6.45, 7) is 0.210. The fourth-order valence-corrected chi connectivity index (χ4v) is 1.13. The van der Waals surface area contributed by atoms with Crippen molar-refractivity contribution in [1.82, 2.24) is 5.32 Å². The van der Waals surface area contributed by atoms with Crippen LogP contribution in [0.25, 0.3) is 0 Å². The highest BCUT2D eigenvalue weighted by molar-refractivity contribution is 5.37. The summed E-state index contributed by atoms with van der Waals surface area (Å²) in [6, 6.07) is 1.35. The number of terminal acetylenes is 1. The van der Waals surface area contributed by atoms with Crippen molar-refractivity contribution in [3.8, 4) is 12.3 Å². The molecular formula is C10H8F2N2O2. The number of nitrogens with zero attached hydrogens (tertiary/aromatic N) is 1. The lowest BCUT2D eigenvalue weighted by Gasteiger charge is -2.03. The maximum Gasteiger partial charge on any atom is 0.305 e. The molecule has 84 valence electrons. The molecule has 6 heteroatoms. The molecule has 0 aliphatic carbocycles. The number of nitro groups is 1. The van der Waals surface area contributed by atoms with Crippen LogP contribution < -0.4 is 5.32 Å². The van der Waals surface area contributed by atoms with E-state index in [1.807, 2.05) is 0 Å². The van der Waals surface area contributed by atoms with Crippen molar-refractivity contribution in [3.63, 3.8) is 0 Å². The van der Waals surface area contributed by atoms with Crippen LogP contribution in [0.15, 0.2) is 12.1 Å². The predicted molar refractivity (Wildman–Crippen MR) is 53.6 cm³/mol. The minimum Gasteiger partial charge on any atom is -0.302 e. The Kier molecular flexibility index (Phi) is 3.91. The van der Waals surface area contributed by atoms with Gasteiger partial charge in [-0.2, -0.15) is 4.39 Å². The Morgan fingerprint density at radius 3 is 2.69 bits per heavy atom. The molecule has 4 nitrogen and oxygen atoms in total. The summed E-state index contributed by atoms with van der Waals surface area (Å²) in [5, 5.41) is 13.1. The summed E-state index contributed by atoms with van der Waals surface area (Å²) >= 11 is 0. The molecule has 1 aromatic rings. The molecule has 16 heavy (non-hydrogen) atoms. The molecule has 0 bridgehead atoms. The Labute approximate surface area is 90.4 Å². The zero-order chi connectivity index (χ0) is 12.1. The number of rotatable bonds is 4. The molecule has 0 spiro atoms. The van der Waals surface area contributed by atoms with Crippen LogP contribution in [0.1, 0.15) is 5.56 Å². The van der Waals surface area contributed by atoms with E-state index in [1.54, 1.807) is 0 Å². The standard InChI is InChI=1S/C10H8F2N2O2/c1-2-3-13-6-7-4-10(14(15)16)9(12)5-8(7)11/h1,4-5,13H,3,6H2. The van der Waals surface area contributed by atoms with Crippen LogP contribution in [-0.2, 0) is 6.54 Å². The van der Waals surface area contributed by atoms with Gasteiger partial charge in [0.25, 0.3) is 0 Å². The summed E-state index contributed by atoms with van der Waals surface area (Å²) in [5.41, 5.74) is -0.748. The smallest absolute Gasteiger partial charge is 0.302 e. The van der Waals surface area contributed by atoms with Gasteiger partial charge in [0.15, 0.2) is 0 Å². The van der Waals surface area contributed by atoms with E-state index in [-0.39, 0.29) is 18.7 Å². The molecule has 0 saturated heterocycles. The number of halogens is 2. The lowest BCUT2D eigenvalue weighted by atomic mass is 10.2. The molecule has 0 saturated carbocycles. The van der Waals surface area contributed by atoms with E-state index < -0.39 is 22.2 Å². The molecule has 0 atom stereocenters. The molecule has 1 rings (SSSR count). The second-order valence-electron chi connectivity index (χ2n) is 2.96. The third-order valence-corrected chi connectivity index (χ3v) is 1.86. The summed E-state index contributed by atoms with van der Waals surface area (Å²) < 4.78 is 26.1. The van der Waals surface area contributed by atoms with Crippen molar-refractivity contribution < 1.29 is 13.7 Å². The highest BCUT2D eigenvalue weighted by atomic mass is 19.1. The Morgan fingerprint density at radius 2 is 2.12 bits per heavy atom. The average molecular weight is 226 g/mol.